The van der Waals surface area contributed by atoms with Crippen LogP contribution in [0.3, 0.4) is 0 Å². The second-order valence-electron chi connectivity index (χ2n) is 3.93. The number of nitrogens with zero attached hydrogens (tertiary/aromatic N) is 1. The first-order valence-electron chi connectivity index (χ1n) is 5.42. The molecule has 0 fully saturated rings. The first-order chi connectivity index (χ1) is 8.27. The highest BCUT2D eigenvalue weighted by atomic mass is 32.1. The molecular formula is C14H11NOS. The van der Waals surface area contributed by atoms with Crippen LogP contribution in [0.1, 0.15) is 17.4 Å². The Morgan fingerprint density at radius 1 is 1.24 bits per heavy atom. The summed E-state index contributed by atoms with van der Waals surface area (Å²) in [6, 6.07) is 12.1. The summed E-state index contributed by atoms with van der Waals surface area (Å²) in [5.41, 5.74) is 2.95. The van der Waals surface area contributed by atoms with Crippen LogP contribution in [0.25, 0.3) is 16.0 Å². The largest absolute Gasteiger partial charge is 0.313 e. The number of carbonyl (C=O) groups excluding carboxylic acids is 1. The van der Waals surface area contributed by atoms with Gasteiger partial charge in [-0.1, -0.05) is 12.1 Å². The molecule has 3 rings (SSSR count). The number of fused-ring (bicyclic) bond motifs is 1. The van der Waals surface area contributed by atoms with Crippen LogP contribution in [0.2, 0.25) is 0 Å². The second kappa shape index (κ2) is 3.86. The number of aromatic nitrogens is 1. The summed E-state index contributed by atoms with van der Waals surface area (Å²) in [6.07, 6.45) is 1.93. The first kappa shape index (κ1) is 10.3. The fourth-order valence-electron chi connectivity index (χ4n) is 2.05. The van der Waals surface area contributed by atoms with Gasteiger partial charge in [0.1, 0.15) is 0 Å². The lowest BCUT2D eigenvalue weighted by Gasteiger charge is -1.98. The maximum Gasteiger partial charge on any atom is 0.176 e. The third-order valence-corrected chi connectivity index (χ3v) is 3.73. The first-order valence-corrected chi connectivity index (χ1v) is 6.30. The van der Waals surface area contributed by atoms with Gasteiger partial charge in [0.25, 0.3) is 0 Å². The quantitative estimate of drug-likeness (QED) is 0.624. The van der Waals surface area contributed by atoms with Gasteiger partial charge in [-0.25, -0.2) is 0 Å². The minimum Gasteiger partial charge on any atom is -0.313 e. The molecule has 0 bridgehead atoms. The maximum atomic E-state index is 11.6. The number of pyridine rings is 1. The van der Waals surface area contributed by atoms with Crippen molar-refractivity contribution in [3.05, 3.63) is 53.7 Å². The number of carbonyl (C=O) groups is 1. The molecule has 0 aliphatic heterocycles. The van der Waals surface area contributed by atoms with E-state index in [9.17, 15) is 4.79 Å². The molecule has 0 N–H and O–H groups in total. The molecule has 3 aromatic heterocycles. The summed E-state index contributed by atoms with van der Waals surface area (Å²) >= 11 is 1.69. The minimum atomic E-state index is 0.0917. The second-order valence-corrected chi connectivity index (χ2v) is 4.88. The van der Waals surface area contributed by atoms with Crippen LogP contribution in [0.15, 0.2) is 48.0 Å². The highest BCUT2D eigenvalue weighted by molar-refractivity contribution is 7.13. The Morgan fingerprint density at radius 3 is 2.82 bits per heavy atom. The van der Waals surface area contributed by atoms with E-state index in [1.165, 1.54) is 4.88 Å². The molecule has 3 heterocycles. The van der Waals surface area contributed by atoms with E-state index in [1.807, 2.05) is 40.9 Å². The van der Waals surface area contributed by atoms with Crippen LogP contribution < -0.4 is 0 Å². The average Bonchev–Trinajstić information content (AvgIpc) is 2.95. The topological polar surface area (TPSA) is 21.5 Å². The van der Waals surface area contributed by atoms with Crippen LogP contribution in [0.5, 0.6) is 0 Å². The molecule has 84 valence electrons. The van der Waals surface area contributed by atoms with Crippen molar-refractivity contribution < 1.29 is 4.79 Å². The molecule has 3 aromatic rings. The van der Waals surface area contributed by atoms with Crippen molar-refractivity contribution >= 4 is 22.6 Å². The lowest BCUT2D eigenvalue weighted by molar-refractivity contribution is 0.101. The molecule has 0 saturated heterocycles. The van der Waals surface area contributed by atoms with Gasteiger partial charge in [0.05, 0.1) is 11.2 Å². The van der Waals surface area contributed by atoms with Crippen molar-refractivity contribution in [1.29, 1.82) is 0 Å². The third-order valence-electron chi connectivity index (χ3n) is 2.82. The van der Waals surface area contributed by atoms with Gasteiger partial charge >= 0.3 is 0 Å². The molecule has 0 amide bonds. The standard InChI is InChI=1S/C14H11NOS/c1-10(16)13-9-11(14-6-4-8-17-14)12-5-2-3-7-15(12)13/h2-9H,1H3. The molecule has 0 aromatic carbocycles. The Hall–Kier alpha value is -1.87. The number of hydrogen-bond acceptors (Lipinski definition) is 2. The summed E-state index contributed by atoms with van der Waals surface area (Å²) in [4.78, 5) is 12.8. The molecule has 0 aliphatic carbocycles. The highest BCUT2D eigenvalue weighted by Gasteiger charge is 2.13. The van der Waals surface area contributed by atoms with Gasteiger partial charge in [0.15, 0.2) is 5.78 Å². The number of thiophene rings is 1. The van der Waals surface area contributed by atoms with Gasteiger partial charge in [0, 0.05) is 23.6 Å². The number of hydrogen-bond donors (Lipinski definition) is 0. The van der Waals surface area contributed by atoms with Crippen LogP contribution in [-0.4, -0.2) is 10.2 Å². The van der Waals surface area contributed by atoms with Gasteiger partial charge in [-0.2, -0.15) is 0 Å². The zero-order valence-electron chi connectivity index (χ0n) is 9.38. The maximum absolute atomic E-state index is 11.6. The van der Waals surface area contributed by atoms with E-state index in [0.29, 0.717) is 0 Å². The van der Waals surface area contributed by atoms with Crippen LogP contribution in [0.4, 0.5) is 0 Å². The number of ketones is 1. The van der Waals surface area contributed by atoms with Gasteiger partial charge in [-0.15, -0.1) is 11.3 Å². The molecule has 0 radical (unpaired) electrons. The average molecular weight is 241 g/mol. The fraction of sp³-hybridized carbons (Fsp3) is 0.0714. The van der Waals surface area contributed by atoms with E-state index in [0.717, 1.165) is 16.8 Å². The predicted molar refractivity (Wildman–Crippen MR) is 70.7 cm³/mol. The Morgan fingerprint density at radius 2 is 2.12 bits per heavy atom. The molecule has 17 heavy (non-hydrogen) atoms. The summed E-state index contributed by atoms with van der Waals surface area (Å²) < 4.78 is 1.96. The molecule has 0 spiro atoms. The molecule has 0 aliphatic rings. The molecule has 2 nitrogen and oxygen atoms in total. The van der Waals surface area contributed by atoms with Crippen LogP contribution >= 0.6 is 11.3 Å². The van der Waals surface area contributed by atoms with Crippen molar-refractivity contribution in [2.45, 2.75) is 6.92 Å². The highest BCUT2D eigenvalue weighted by Crippen LogP contribution is 2.31. The fourth-order valence-corrected chi connectivity index (χ4v) is 2.80. The van der Waals surface area contributed by atoms with E-state index in [4.69, 9.17) is 0 Å². The van der Waals surface area contributed by atoms with E-state index < -0.39 is 0 Å². The Balaban J connectivity index is 2.37. The minimum absolute atomic E-state index is 0.0917. The Kier molecular flexibility index (Phi) is 2.34. The van der Waals surface area contributed by atoms with Crippen molar-refractivity contribution in [2.24, 2.45) is 0 Å². The number of rotatable bonds is 2. The predicted octanol–water partition coefficient (Wildman–Crippen LogP) is 3.87. The Labute approximate surface area is 103 Å². The Bertz CT molecular complexity index is 679. The summed E-state index contributed by atoms with van der Waals surface area (Å²) in [6.45, 7) is 1.60. The smallest absolute Gasteiger partial charge is 0.176 e. The number of Topliss-reactive ketones (excluding diaryl/α,β-unsaturated/α-hetero) is 1. The van der Waals surface area contributed by atoms with Gasteiger partial charge in [0.2, 0.25) is 0 Å². The third kappa shape index (κ3) is 1.59. The monoisotopic (exact) mass is 241 g/mol. The summed E-state index contributed by atoms with van der Waals surface area (Å²) in [5.74, 6) is 0.0917. The van der Waals surface area contributed by atoms with Gasteiger partial charge < -0.3 is 4.40 Å². The molecule has 0 saturated carbocycles. The van der Waals surface area contributed by atoms with Gasteiger partial charge in [-0.3, -0.25) is 4.79 Å². The van der Waals surface area contributed by atoms with Crippen molar-refractivity contribution in [3.63, 3.8) is 0 Å². The van der Waals surface area contributed by atoms with Gasteiger partial charge in [-0.05, 0) is 29.6 Å². The van der Waals surface area contributed by atoms with E-state index >= 15 is 0 Å². The summed E-state index contributed by atoms with van der Waals surface area (Å²) in [5, 5.41) is 2.05. The van der Waals surface area contributed by atoms with E-state index in [2.05, 4.69) is 11.4 Å². The molecule has 0 unspecified atom stereocenters. The summed E-state index contributed by atoms with van der Waals surface area (Å²) in [7, 11) is 0. The van der Waals surface area contributed by atoms with Crippen molar-refractivity contribution in [1.82, 2.24) is 4.40 Å². The molecule has 0 atom stereocenters. The van der Waals surface area contributed by atoms with Crippen molar-refractivity contribution in [3.8, 4) is 10.4 Å². The lowest BCUT2D eigenvalue weighted by Crippen LogP contribution is -1.96. The lowest BCUT2D eigenvalue weighted by atomic mass is 10.2. The van der Waals surface area contributed by atoms with Crippen LogP contribution in [-0.2, 0) is 0 Å². The van der Waals surface area contributed by atoms with Crippen LogP contribution in [0, 0.1) is 0 Å². The molecular weight excluding hydrogens is 230 g/mol. The van der Waals surface area contributed by atoms with E-state index in [1.54, 1.807) is 18.3 Å². The zero-order chi connectivity index (χ0) is 11.8. The SMILES string of the molecule is CC(=O)c1cc(-c2cccs2)c2ccccn12. The normalized spacial score (nSPS) is 10.9. The van der Waals surface area contributed by atoms with E-state index in [-0.39, 0.29) is 5.78 Å². The zero-order valence-corrected chi connectivity index (χ0v) is 10.2. The molecule has 3 heteroatoms. The van der Waals surface area contributed by atoms with Crippen molar-refractivity contribution in [2.75, 3.05) is 0 Å².